The van der Waals surface area contributed by atoms with Gasteiger partial charge >= 0.3 is 0 Å². The van der Waals surface area contributed by atoms with E-state index in [-0.39, 0.29) is 23.4 Å². The van der Waals surface area contributed by atoms with Crippen LogP contribution in [0.25, 0.3) is 0 Å². The van der Waals surface area contributed by atoms with E-state index in [0.717, 1.165) is 46.7 Å². The first kappa shape index (κ1) is 31.1. The number of benzene rings is 3. The second kappa shape index (κ2) is 13.9. The van der Waals surface area contributed by atoms with Gasteiger partial charge in [-0.05, 0) is 86.2 Å². The standard InChI is InChI=1S/C33H41N3O5S/c1-5-31(33(38)34-27-13-9-10-14-27)35(22-26-12-11-15-29(21-26)41-4)32(37)23-36(28-19-18-24(2)25(3)20-28)42(39,40)30-16-7-6-8-17-30/h6-8,11-12,15-21,27,31H,5,9-10,13-14,22-23H2,1-4H3,(H,34,38). The van der Waals surface area contributed by atoms with Crippen molar-refractivity contribution < 1.29 is 22.7 Å². The van der Waals surface area contributed by atoms with Crippen LogP contribution in [0.15, 0.2) is 77.7 Å². The molecule has 1 aliphatic carbocycles. The van der Waals surface area contributed by atoms with Crippen molar-refractivity contribution in [3.8, 4) is 5.75 Å². The minimum atomic E-state index is -4.10. The summed E-state index contributed by atoms with van der Waals surface area (Å²) in [6, 6.07) is 20.1. The molecule has 1 fully saturated rings. The molecule has 1 aliphatic rings. The number of anilines is 1. The first-order valence-electron chi connectivity index (χ1n) is 14.5. The summed E-state index contributed by atoms with van der Waals surface area (Å²) in [7, 11) is -2.53. The van der Waals surface area contributed by atoms with Crippen LogP contribution in [0.5, 0.6) is 5.75 Å². The molecule has 0 spiro atoms. The third kappa shape index (κ3) is 7.31. The summed E-state index contributed by atoms with van der Waals surface area (Å²) in [5.74, 6) is -0.0555. The average molecular weight is 592 g/mol. The fourth-order valence-electron chi connectivity index (χ4n) is 5.38. The highest BCUT2D eigenvalue weighted by molar-refractivity contribution is 7.92. The molecule has 9 heteroatoms. The van der Waals surface area contributed by atoms with Crippen LogP contribution in [-0.4, -0.2) is 50.9 Å². The highest BCUT2D eigenvalue weighted by Crippen LogP contribution is 2.27. The smallest absolute Gasteiger partial charge is 0.264 e. The van der Waals surface area contributed by atoms with Crippen LogP contribution in [-0.2, 0) is 26.2 Å². The normalized spacial score (nSPS) is 14.3. The average Bonchev–Trinajstić information content (AvgIpc) is 3.50. The van der Waals surface area contributed by atoms with E-state index < -0.39 is 28.5 Å². The first-order valence-corrected chi connectivity index (χ1v) is 16.0. The van der Waals surface area contributed by atoms with Crippen molar-refractivity contribution in [1.29, 1.82) is 0 Å². The molecule has 1 N–H and O–H groups in total. The molecule has 42 heavy (non-hydrogen) atoms. The van der Waals surface area contributed by atoms with Gasteiger partial charge in [0.15, 0.2) is 0 Å². The zero-order valence-corrected chi connectivity index (χ0v) is 25.7. The van der Waals surface area contributed by atoms with Crippen LogP contribution in [0, 0.1) is 13.8 Å². The molecule has 0 saturated heterocycles. The Bertz CT molecular complexity index is 1490. The molecule has 224 valence electrons. The van der Waals surface area contributed by atoms with Gasteiger partial charge in [0, 0.05) is 12.6 Å². The van der Waals surface area contributed by atoms with Crippen LogP contribution in [0.3, 0.4) is 0 Å². The molecular weight excluding hydrogens is 550 g/mol. The molecule has 1 atom stereocenters. The lowest BCUT2D eigenvalue weighted by molar-refractivity contribution is -0.140. The number of nitrogens with zero attached hydrogens (tertiary/aromatic N) is 2. The first-order chi connectivity index (χ1) is 20.1. The minimum Gasteiger partial charge on any atom is -0.497 e. The zero-order valence-electron chi connectivity index (χ0n) is 24.9. The minimum absolute atomic E-state index is 0.0846. The summed E-state index contributed by atoms with van der Waals surface area (Å²) < 4.78 is 34.5. The van der Waals surface area contributed by atoms with E-state index in [4.69, 9.17) is 4.74 Å². The molecule has 0 heterocycles. The lowest BCUT2D eigenvalue weighted by atomic mass is 10.1. The van der Waals surface area contributed by atoms with Gasteiger partial charge in [-0.1, -0.05) is 56.2 Å². The second-order valence-corrected chi connectivity index (χ2v) is 12.7. The van der Waals surface area contributed by atoms with Crippen LogP contribution in [0.2, 0.25) is 0 Å². The molecule has 0 bridgehead atoms. The summed E-state index contributed by atoms with van der Waals surface area (Å²) in [6.07, 6.45) is 4.35. The van der Waals surface area contributed by atoms with E-state index in [2.05, 4.69) is 5.32 Å². The Hall–Kier alpha value is -3.85. The lowest BCUT2D eigenvalue weighted by Gasteiger charge is -2.34. The summed E-state index contributed by atoms with van der Waals surface area (Å²) >= 11 is 0. The van der Waals surface area contributed by atoms with Crippen molar-refractivity contribution >= 4 is 27.5 Å². The van der Waals surface area contributed by atoms with E-state index in [1.54, 1.807) is 37.4 Å². The molecule has 4 rings (SSSR count). The van der Waals surface area contributed by atoms with Gasteiger partial charge in [0.05, 0.1) is 17.7 Å². The van der Waals surface area contributed by atoms with Gasteiger partial charge in [-0.15, -0.1) is 0 Å². The SMILES string of the molecule is CCC(C(=O)NC1CCCC1)N(Cc1cccc(OC)c1)C(=O)CN(c1ccc(C)c(C)c1)S(=O)(=O)c1ccccc1. The number of amides is 2. The van der Waals surface area contributed by atoms with E-state index in [0.29, 0.717) is 17.9 Å². The van der Waals surface area contributed by atoms with Crippen molar-refractivity contribution in [1.82, 2.24) is 10.2 Å². The van der Waals surface area contributed by atoms with Crippen molar-refractivity contribution in [3.05, 3.63) is 89.5 Å². The molecule has 1 saturated carbocycles. The molecule has 8 nitrogen and oxygen atoms in total. The van der Waals surface area contributed by atoms with Gasteiger partial charge < -0.3 is 15.0 Å². The summed E-state index contributed by atoms with van der Waals surface area (Å²) in [4.78, 5) is 29.4. The largest absolute Gasteiger partial charge is 0.497 e. The number of hydrogen-bond donors (Lipinski definition) is 1. The Kier molecular flexibility index (Phi) is 10.3. The molecule has 1 unspecified atom stereocenters. The van der Waals surface area contributed by atoms with Crippen molar-refractivity contribution in [2.75, 3.05) is 18.0 Å². The van der Waals surface area contributed by atoms with Gasteiger partial charge in [0.1, 0.15) is 18.3 Å². The third-order valence-electron chi connectivity index (χ3n) is 7.96. The maximum atomic E-state index is 14.3. The second-order valence-electron chi connectivity index (χ2n) is 10.9. The van der Waals surface area contributed by atoms with Crippen LogP contribution in [0.4, 0.5) is 5.69 Å². The molecular formula is C33H41N3O5S. The quantitative estimate of drug-likeness (QED) is 0.305. The van der Waals surface area contributed by atoms with E-state index >= 15 is 0 Å². The van der Waals surface area contributed by atoms with E-state index in [1.807, 2.05) is 51.1 Å². The number of aryl methyl sites for hydroxylation is 2. The van der Waals surface area contributed by atoms with Crippen LogP contribution in [0.1, 0.15) is 55.7 Å². The van der Waals surface area contributed by atoms with Crippen LogP contribution >= 0.6 is 0 Å². The summed E-state index contributed by atoms with van der Waals surface area (Å²) in [5, 5.41) is 3.14. The fourth-order valence-corrected chi connectivity index (χ4v) is 6.81. The highest BCUT2D eigenvalue weighted by Gasteiger charge is 2.34. The lowest BCUT2D eigenvalue weighted by Crippen LogP contribution is -2.53. The van der Waals surface area contributed by atoms with Gasteiger partial charge in [0.25, 0.3) is 10.0 Å². The predicted octanol–water partition coefficient (Wildman–Crippen LogP) is 5.37. The Morgan fingerprint density at radius 3 is 2.31 bits per heavy atom. The fraction of sp³-hybridized carbons (Fsp3) is 0.394. The van der Waals surface area contributed by atoms with E-state index in [9.17, 15) is 18.0 Å². The number of carbonyl (C=O) groups is 2. The van der Waals surface area contributed by atoms with Gasteiger partial charge in [-0.25, -0.2) is 8.42 Å². The monoisotopic (exact) mass is 591 g/mol. The maximum absolute atomic E-state index is 14.3. The van der Waals surface area contributed by atoms with E-state index in [1.165, 1.54) is 17.0 Å². The topological polar surface area (TPSA) is 96.0 Å². The molecule has 3 aromatic carbocycles. The molecule has 0 radical (unpaired) electrons. The number of nitrogens with one attached hydrogen (secondary N) is 1. The molecule has 3 aromatic rings. The molecule has 2 amide bonds. The van der Waals surface area contributed by atoms with Gasteiger partial charge in [0.2, 0.25) is 11.8 Å². The van der Waals surface area contributed by atoms with Gasteiger partial charge in [-0.2, -0.15) is 0 Å². The molecule has 0 aromatic heterocycles. The van der Waals surface area contributed by atoms with Gasteiger partial charge in [-0.3, -0.25) is 13.9 Å². The Balaban J connectivity index is 1.73. The predicted molar refractivity (Wildman–Crippen MR) is 165 cm³/mol. The number of hydrogen-bond acceptors (Lipinski definition) is 5. The Morgan fingerprint density at radius 1 is 0.952 bits per heavy atom. The Morgan fingerprint density at radius 2 is 1.67 bits per heavy atom. The van der Waals surface area contributed by atoms with Crippen LogP contribution < -0.4 is 14.4 Å². The molecule has 0 aliphatic heterocycles. The summed E-state index contributed by atoms with van der Waals surface area (Å²) in [6.45, 7) is 5.39. The maximum Gasteiger partial charge on any atom is 0.264 e. The Labute approximate surface area is 249 Å². The highest BCUT2D eigenvalue weighted by atomic mass is 32.2. The van der Waals surface area contributed by atoms with Crippen molar-refractivity contribution in [3.63, 3.8) is 0 Å². The number of rotatable bonds is 12. The third-order valence-corrected chi connectivity index (χ3v) is 9.75. The number of carbonyl (C=O) groups excluding carboxylic acids is 2. The van der Waals surface area contributed by atoms with Crippen molar-refractivity contribution in [2.24, 2.45) is 0 Å². The zero-order chi connectivity index (χ0) is 30.3. The number of methoxy groups -OCH3 is 1. The van der Waals surface area contributed by atoms with Crippen molar-refractivity contribution in [2.45, 2.75) is 76.4 Å². The number of sulfonamides is 1. The number of ether oxygens (including phenoxy) is 1. The summed E-state index contributed by atoms with van der Waals surface area (Å²) in [5.41, 5.74) is 3.08.